The van der Waals surface area contributed by atoms with Crippen LogP contribution in [0.2, 0.25) is 0 Å². The average molecular weight is 484 g/mol. The van der Waals surface area contributed by atoms with Gasteiger partial charge in [0.05, 0.1) is 18.0 Å². The number of halogens is 1. The second-order valence-electron chi connectivity index (χ2n) is 7.24. The molecule has 7 nitrogen and oxygen atoms in total. The molecule has 4 aromatic rings. The van der Waals surface area contributed by atoms with E-state index in [0.29, 0.717) is 29.1 Å². The second kappa shape index (κ2) is 10.6. The number of carbonyl (C=O) groups excluding carboxylic acids is 1. The highest BCUT2D eigenvalue weighted by molar-refractivity contribution is 7.99. The third-order valence-electron chi connectivity index (χ3n) is 4.84. The fourth-order valence-electron chi connectivity index (χ4n) is 3.21. The maximum Gasteiger partial charge on any atom is 0.343 e. The van der Waals surface area contributed by atoms with E-state index >= 15 is 0 Å². The van der Waals surface area contributed by atoms with E-state index < -0.39 is 0 Å². The molecule has 2 aromatic carbocycles. The molecule has 0 aliphatic heterocycles. The van der Waals surface area contributed by atoms with Gasteiger partial charge in [-0.25, -0.2) is 19.3 Å². The van der Waals surface area contributed by atoms with E-state index in [2.05, 4.69) is 15.2 Å². The zero-order valence-electron chi connectivity index (χ0n) is 17.9. The SMILES string of the molecule is CCCn1c(SCC(=O)N(Cc2ccccc2)c2nc(-c3ccc(F)cc3)cs2)n[nH]c1=O. The van der Waals surface area contributed by atoms with Crippen molar-refractivity contribution in [2.45, 2.75) is 31.6 Å². The zero-order valence-corrected chi connectivity index (χ0v) is 19.5. The number of aromatic amines is 1. The van der Waals surface area contributed by atoms with Crippen molar-refractivity contribution < 1.29 is 9.18 Å². The molecule has 0 radical (unpaired) electrons. The molecule has 10 heteroatoms. The van der Waals surface area contributed by atoms with Gasteiger partial charge in [0, 0.05) is 17.5 Å². The largest absolute Gasteiger partial charge is 0.343 e. The number of hydrogen-bond acceptors (Lipinski definition) is 6. The van der Waals surface area contributed by atoms with Gasteiger partial charge in [0.25, 0.3) is 0 Å². The van der Waals surface area contributed by atoms with Crippen LogP contribution in [-0.4, -0.2) is 31.4 Å². The van der Waals surface area contributed by atoms with Crippen LogP contribution in [0.15, 0.2) is 69.9 Å². The maximum absolute atomic E-state index is 13.3. The molecule has 2 heterocycles. The van der Waals surface area contributed by atoms with E-state index in [0.717, 1.165) is 17.5 Å². The van der Waals surface area contributed by atoms with Crippen molar-refractivity contribution in [1.29, 1.82) is 0 Å². The summed E-state index contributed by atoms with van der Waals surface area (Å²) in [6, 6.07) is 15.8. The molecule has 170 valence electrons. The number of anilines is 1. The number of amides is 1. The fourth-order valence-corrected chi connectivity index (χ4v) is 4.91. The Morgan fingerprint density at radius 1 is 1.18 bits per heavy atom. The second-order valence-corrected chi connectivity index (χ2v) is 9.02. The third kappa shape index (κ3) is 5.58. The molecular formula is C23H22FN5O2S2. The van der Waals surface area contributed by atoms with Gasteiger partial charge in [-0.2, -0.15) is 0 Å². The Bertz CT molecular complexity index is 1270. The summed E-state index contributed by atoms with van der Waals surface area (Å²) in [6.45, 7) is 2.87. The minimum Gasteiger partial charge on any atom is -0.283 e. The third-order valence-corrected chi connectivity index (χ3v) is 6.67. The van der Waals surface area contributed by atoms with Crippen LogP contribution in [0, 0.1) is 5.82 Å². The van der Waals surface area contributed by atoms with Crippen molar-refractivity contribution in [3.05, 3.63) is 81.8 Å². The fraction of sp³-hybridized carbons (Fsp3) is 0.217. The lowest BCUT2D eigenvalue weighted by Crippen LogP contribution is -2.32. The van der Waals surface area contributed by atoms with E-state index in [9.17, 15) is 14.0 Å². The van der Waals surface area contributed by atoms with Crippen molar-refractivity contribution in [3.63, 3.8) is 0 Å². The molecule has 0 unspecified atom stereocenters. The number of benzene rings is 2. The number of thiazole rings is 1. The monoisotopic (exact) mass is 483 g/mol. The Morgan fingerprint density at radius 3 is 2.67 bits per heavy atom. The molecule has 2 aromatic heterocycles. The molecule has 0 aliphatic carbocycles. The summed E-state index contributed by atoms with van der Waals surface area (Å²) >= 11 is 2.57. The number of carbonyl (C=O) groups is 1. The lowest BCUT2D eigenvalue weighted by Gasteiger charge is -2.20. The van der Waals surface area contributed by atoms with E-state index in [1.54, 1.807) is 17.0 Å². The van der Waals surface area contributed by atoms with Crippen LogP contribution in [0.4, 0.5) is 9.52 Å². The molecule has 0 saturated heterocycles. The number of nitrogens with one attached hydrogen (secondary N) is 1. The van der Waals surface area contributed by atoms with Crippen LogP contribution >= 0.6 is 23.1 Å². The van der Waals surface area contributed by atoms with Gasteiger partial charge in [-0.05, 0) is 36.2 Å². The molecule has 0 aliphatic rings. The smallest absolute Gasteiger partial charge is 0.283 e. The van der Waals surface area contributed by atoms with Crippen molar-refractivity contribution >= 4 is 34.1 Å². The van der Waals surface area contributed by atoms with Gasteiger partial charge in [0.2, 0.25) is 5.91 Å². The van der Waals surface area contributed by atoms with Crippen LogP contribution in [0.3, 0.4) is 0 Å². The first kappa shape index (κ1) is 22.9. The van der Waals surface area contributed by atoms with Crippen LogP contribution < -0.4 is 10.6 Å². The first-order valence-electron chi connectivity index (χ1n) is 10.4. The van der Waals surface area contributed by atoms with Gasteiger partial charge in [-0.1, -0.05) is 49.0 Å². The highest BCUT2D eigenvalue weighted by Crippen LogP contribution is 2.29. The summed E-state index contributed by atoms with van der Waals surface area (Å²) in [5.74, 6) is -0.360. The molecule has 4 rings (SSSR count). The quantitative estimate of drug-likeness (QED) is 0.353. The molecule has 0 atom stereocenters. The number of thioether (sulfide) groups is 1. The summed E-state index contributed by atoms with van der Waals surface area (Å²) < 4.78 is 14.8. The summed E-state index contributed by atoms with van der Waals surface area (Å²) in [5, 5.41) is 9.39. The highest BCUT2D eigenvalue weighted by atomic mass is 32.2. The maximum atomic E-state index is 13.3. The van der Waals surface area contributed by atoms with Crippen molar-refractivity contribution in [3.8, 4) is 11.3 Å². The Balaban J connectivity index is 1.57. The molecule has 0 fully saturated rings. The highest BCUT2D eigenvalue weighted by Gasteiger charge is 2.21. The predicted octanol–water partition coefficient (Wildman–Crippen LogP) is 4.57. The van der Waals surface area contributed by atoms with E-state index in [4.69, 9.17) is 0 Å². The summed E-state index contributed by atoms with van der Waals surface area (Å²) in [7, 11) is 0. The average Bonchev–Trinajstić information content (AvgIpc) is 3.45. The summed E-state index contributed by atoms with van der Waals surface area (Å²) in [5.41, 5.74) is 2.15. The van der Waals surface area contributed by atoms with Gasteiger partial charge in [-0.15, -0.1) is 16.4 Å². The summed E-state index contributed by atoms with van der Waals surface area (Å²) in [4.78, 5) is 31.5. The van der Waals surface area contributed by atoms with Crippen molar-refractivity contribution in [2.75, 3.05) is 10.7 Å². The van der Waals surface area contributed by atoms with Gasteiger partial charge in [0.1, 0.15) is 5.82 Å². The van der Waals surface area contributed by atoms with E-state index in [-0.39, 0.29) is 23.2 Å². The number of hydrogen-bond donors (Lipinski definition) is 1. The van der Waals surface area contributed by atoms with Gasteiger partial charge in [0.15, 0.2) is 10.3 Å². The minimum absolute atomic E-state index is 0.103. The van der Waals surface area contributed by atoms with Crippen LogP contribution in [-0.2, 0) is 17.9 Å². The Kier molecular flexibility index (Phi) is 7.36. The zero-order chi connectivity index (χ0) is 23.2. The molecule has 1 amide bonds. The van der Waals surface area contributed by atoms with Gasteiger partial charge in [-0.3, -0.25) is 14.3 Å². The first-order chi connectivity index (χ1) is 16.0. The van der Waals surface area contributed by atoms with Gasteiger partial charge < -0.3 is 0 Å². The van der Waals surface area contributed by atoms with Crippen molar-refractivity contribution in [2.24, 2.45) is 0 Å². The molecule has 0 bridgehead atoms. The van der Waals surface area contributed by atoms with Crippen LogP contribution in [0.25, 0.3) is 11.3 Å². The van der Waals surface area contributed by atoms with Gasteiger partial charge >= 0.3 is 5.69 Å². The standard InChI is InChI=1S/C23H22FN5O2S2/c1-2-12-28-21(31)26-27-23(28)33-15-20(30)29(13-16-6-4-3-5-7-16)22-25-19(14-32-22)17-8-10-18(24)11-9-17/h3-11,14H,2,12-13,15H2,1H3,(H,26,31). The number of rotatable bonds is 9. The first-order valence-corrected chi connectivity index (χ1v) is 12.3. The summed E-state index contributed by atoms with van der Waals surface area (Å²) in [6.07, 6.45) is 0.784. The Morgan fingerprint density at radius 2 is 1.94 bits per heavy atom. The number of aromatic nitrogens is 4. The molecule has 33 heavy (non-hydrogen) atoms. The van der Waals surface area contributed by atoms with E-state index in [1.165, 1.54) is 39.8 Å². The lowest BCUT2D eigenvalue weighted by atomic mass is 10.2. The number of H-pyrrole nitrogens is 1. The predicted molar refractivity (Wildman–Crippen MR) is 129 cm³/mol. The topological polar surface area (TPSA) is 83.9 Å². The molecule has 1 N–H and O–H groups in total. The minimum atomic E-state index is -0.313. The van der Waals surface area contributed by atoms with E-state index in [1.807, 2.05) is 42.6 Å². The molecular weight excluding hydrogens is 461 g/mol. The lowest BCUT2D eigenvalue weighted by molar-refractivity contribution is -0.116. The molecule has 0 saturated carbocycles. The Hall–Kier alpha value is -3.24. The molecule has 0 spiro atoms. The normalized spacial score (nSPS) is 11.0. The van der Waals surface area contributed by atoms with Crippen LogP contribution in [0.1, 0.15) is 18.9 Å². The van der Waals surface area contributed by atoms with Crippen molar-refractivity contribution in [1.82, 2.24) is 19.7 Å². The Labute approximate surface area is 198 Å². The number of nitrogens with zero attached hydrogens (tertiary/aromatic N) is 4. The van der Waals surface area contributed by atoms with Crippen LogP contribution in [0.5, 0.6) is 0 Å².